The standard InChI is InChI=1S/C18H22N4O2/c1-22(2)12-11-19-18(24)21-16-10-6-9-15(13-16)20-17(23)14-7-4-3-5-8-14/h3-10,13H,11-12H2,1-2H3,(H,20,23)(H2,19,21,24). The van der Waals surface area contributed by atoms with E-state index < -0.39 is 0 Å². The number of carbonyl (C=O) groups excluding carboxylic acids is 2. The summed E-state index contributed by atoms with van der Waals surface area (Å²) in [5.41, 5.74) is 1.82. The van der Waals surface area contributed by atoms with Crippen LogP contribution in [0.4, 0.5) is 16.2 Å². The summed E-state index contributed by atoms with van der Waals surface area (Å²) in [6, 6.07) is 15.7. The molecule has 3 amide bonds. The molecule has 0 saturated heterocycles. The Bertz CT molecular complexity index is 686. The van der Waals surface area contributed by atoms with Gasteiger partial charge in [-0.2, -0.15) is 0 Å². The van der Waals surface area contributed by atoms with E-state index in [1.165, 1.54) is 0 Å². The van der Waals surface area contributed by atoms with E-state index in [1.807, 2.05) is 37.2 Å². The molecule has 0 spiro atoms. The maximum atomic E-state index is 12.1. The molecule has 3 N–H and O–H groups in total. The normalized spacial score (nSPS) is 10.3. The van der Waals surface area contributed by atoms with Gasteiger partial charge in [0.1, 0.15) is 0 Å². The van der Waals surface area contributed by atoms with E-state index in [0.29, 0.717) is 23.5 Å². The van der Waals surface area contributed by atoms with Gasteiger partial charge in [0.25, 0.3) is 5.91 Å². The molecule has 0 aliphatic carbocycles. The minimum absolute atomic E-state index is 0.191. The minimum atomic E-state index is -0.275. The molecular weight excluding hydrogens is 304 g/mol. The fraction of sp³-hybridized carbons (Fsp3) is 0.222. The summed E-state index contributed by atoms with van der Waals surface area (Å²) < 4.78 is 0. The average molecular weight is 326 g/mol. The van der Waals surface area contributed by atoms with Gasteiger partial charge in [0.2, 0.25) is 0 Å². The summed E-state index contributed by atoms with van der Waals surface area (Å²) >= 11 is 0. The van der Waals surface area contributed by atoms with Crippen LogP contribution in [0, 0.1) is 0 Å². The van der Waals surface area contributed by atoms with Crippen LogP contribution in [0.15, 0.2) is 54.6 Å². The predicted molar refractivity (Wildman–Crippen MR) is 96.4 cm³/mol. The highest BCUT2D eigenvalue weighted by Gasteiger charge is 2.06. The van der Waals surface area contributed by atoms with E-state index >= 15 is 0 Å². The molecule has 6 heteroatoms. The highest BCUT2D eigenvalue weighted by Crippen LogP contribution is 2.16. The Morgan fingerprint density at radius 1 is 0.917 bits per heavy atom. The van der Waals surface area contributed by atoms with Crippen molar-refractivity contribution in [3.8, 4) is 0 Å². The third-order valence-corrected chi connectivity index (χ3v) is 3.26. The lowest BCUT2D eigenvalue weighted by Crippen LogP contribution is -2.34. The van der Waals surface area contributed by atoms with Crippen LogP contribution < -0.4 is 16.0 Å². The number of nitrogens with zero attached hydrogens (tertiary/aromatic N) is 1. The van der Waals surface area contributed by atoms with Gasteiger partial charge in [-0.3, -0.25) is 4.79 Å². The van der Waals surface area contributed by atoms with Crippen LogP contribution in [-0.4, -0.2) is 44.0 Å². The van der Waals surface area contributed by atoms with Gasteiger partial charge in [0.15, 0.2) is 0 Å². The second-order valence-corrected chi connectivity index (χ2v) is 5.59. The summed E-state index contributed by atoms with van der Waals surface area (Å²) in [4.78, 5) is 25.9. The number of benzene rings is 2. The van der Waals surface area contributed by atoms with Crippen molar-refractivity contribution in [1.82, 2.24) is 10.2 Å². The van der Waals surface area contributed by atoms with E-state index in [1.54, 1.807) is 36.4 Å². The molecule has 0 aliphatic rings. The van der Waals surface area contributed by atoms with E-state index in [2.05, 4.69) is 16.0 Å². The fourth-order valence-corrected chi connectivity index (χ4v) is 2.04. The molecule has 0 unspecified atom stereocenters. The zero-order valence-corrected chi connectivity index (χ0v) is 13.9. The Labute approximate surface area is 141 Å². The molecule has 0 radical (unpaired) electrons. The molecule has 0 aliphatic heterocycles. The molecule has 0 atom stereocenters. The molecule has 2 rings (SSSR count). The summed E-state index contributed by atoms with van der Waals surface area (Å²) in [5.74, 6) is -0.191. The van der Waals surface area contributed by atoms with Gasteiger partial charge in [0.05, 0.1) is 0 Å². The summed E-state index contributed by atoms with van der Waals surface area (Å²) in [6.45, 7) is 1.32. The summed E-state index contributed by atoms with van der Waals surface area (Å²) in [6.07, 6.45) is 0. The zero-order valence-electron chi connectivity index (χ0n) is 13.9. The number of carbonyl (C=O) groups is 2. The molecular formula is C18H22N4O2. The first-order valence-electron chi connectivity index (χ1n) is 7.70. The molecule has 0 fully saturated rings. The molecule has 0 bridgehead atoms. The Morgan fingerprint density at radius 2 is 1.58 bits per heavy atom. The number of hydrogen-bond acceptors (Lipinski definition) is 3. The average Bonchev–Trinajstić information content (AvgIpc) is 2.55. The lowest BCUT2D eigenvalue weighted by molar-refractivity contribution is 0.102. The van der Waals surface area contributed by atoms with Crippen molar-refractivity contribution >= 4 is 23.3 Å². The molecule has 126 valence electrons. The molecule has 0 heterocycles. The first-order valence-corrected chi connectivity index (χ1v) is 7.70. The number of anilines is 2. The number of likely N-dealkylation sites (N-methyl/N-ethyl adjacent to an activating group) is 1. The Hall–Kier alpha value is -2.86. The lowest BCUT2D eigenvalue weighted by Gasteiger charge is -2.12. The first kappa shape index (κ1) is 17.5. The zero-order chi connectivity index (χ0) is 17.4. The Kier molecular flexibility index (Phi) is 6.33. The second kappa shape index (κ2) is 8.69. The maximum absolute atomic E-state index is 12.1. The van der Waals surface area contributed by atoms with Crippen molar-refractivity contribution in [3.05, 3.63) is 60.2 Å². The number of urea groups is 1. The number of hydrogen-bond donors (Lipinski definition) is 3. The van der Waals surface area contributed by atoms with Gasteiger partial charge >= 0.3 is 6.03 Å². The topological polar surface area (TPSA) is 73.5 Å². The summed E-state index contributed by atoms with van der Waals surface area (Å²) in [7, 11) is 3.89. The quantitative estimate of drug-likeness (QED) is 0.764. The van der Waals surface area contributed by atoms with Gasteiger partial charge in [-0.15, -0.1) is 0 Å². The Morgan fingerprint density at radius 3 is 2.25 bits per heavy atom. The van der Waals surface area contributed by atoms with Crippen LogP contribution in [0.3, 0.4) is 0 Å². The molecule has 6 nitrogen and oxygen atoms in total. The van der Waals surface area contributed by atoms with E-state index in [9.17, 15) is 9.59 Å². The third kappa shape index (κ3) is 5.73. The lowest BCUT2D eigenvalue weighted by atomic mass is 10.2. The van der Waals surface area contributed by atoms with E-state index in [0.717, 1.165) is 6.54 Å². The fourth-order valence-electron chi connectivity index (χ4n) is 2.04. The van der Waals surface area contributed by atoms with Crippen molar-refractivity contribution in [2.45, 2.75) is 0 Å². The van der Waals surface area contributed by atoms with Crippen molar-refractivity contribution in [1.29, 1.82) is 0 Å². The molecule has 0 saturated carbocycles. The van der Waals surface area contributed by atoms with Crippen LogP contribution in [0.25, 0.3) is 0 Å². The van der Waals surface area contributed by atoms with Crippen LogP contribution in [0.1, 0.15) is 10.4 Å². The summed E-state index contributed by atoms with van der Waals surface area (Å²) in [5, 5.41) is 8.33. The van der Waals surface area contributed by atoms with Crippen LogP contribution >= 0.6 is 0 Å². The maximum Gasteiger partial charge on any atom is 0.319 e. The molecule has 2 aromatic carbocycles. The van der Waals surface area contributed by atoms with Gasteiger partial charge in [0, 0.05) is 30.0 Å². The van der Waals surface area contributed by atoms with Crippen molar-refractivity contribution in [3.63, 3.8) is 0 Å². The highest BCUT2D eigenvalue weighted by atomic mass is 16.2. The van der Waals surface area contributed by atoms with Crippen LogP contribution in [0.5, 0.6) is 0 Å². The molecule has 24 heavy (non-hydrogen) atoms. The SMILES string of the molecule is CN(C)CCNC(=O)Nc1cccc(NC(=O)c2ccccc2)c1. The van der Waals surface area contributed by atoms with E-state index in [4.69, 9.17) is 0 Å². The van der Waals surface area contributed by atoms with Gasteiger partial charge in [-0.1, -0.05) is 24.3 Å². The van der Waals surface area contributed by atoms with Gasteiger partial charge in [-0.05, 0) is 44.4 Å². The number of amides is 3. The third-order valence-electron chi connectivity index (χ3n) is 3.26. The van der Waals surface area contributed by atoms with Crippen molar-refractivity contribution < 1.29 is 9.59 Å². The molecule has 0 aromatic heterocycles. The highest BCUT2D eigenvalue weighted by molar-refractivity contribution is 6.04. The van der Waals surface area contributed by atoms with E-state index in [-0.39, 0.29) is 11.9 Å². The van der Waals surface area contributed by atoms with Gasteiger partial charge in [-0.25, -0.2) is 4.79 Å². The predicted octanol–water partition coefficient (Wildman–Crippen LogP) is 2.62. The first-order chi connectivity index (χ1) is 11.5. The van der Waals surface area contributed by atoms with Gasteiger partial charge < -0.3 is 20.9 Å². The largest absolute Gasteiger partial charge is 0.337 e. The smallest absolute Gasteiger partial charge is 0.319 e. The number of nitrogens with one attached hydrogen (secondary N) is 3. The van der Waals surface area contributed by atoms with Crippen molar-refractivity contribution in [2.75, 3.05) is 37.8 Å². The van der Waals surface area contributed by atoms with Crippen LogP contribution in [-0.2, 0) is 0 Å². The van der Waals surface area contributed by atoms with Crippen molar-refractivity contribution in [2.24, 2.45) is 0 Å². The monoisotopic (exact) mass is 326 g/mol. The Balaban J connectivity index is 1.91. The second-order valence-electron chi connectivity index (χ2n) is 5.59. The van der Waals surface area contributed by atoms with Crippen LogP contribution in [0.2, 0.25) is 0 Å². The number of rotatable bonds is 6. The molecule has 2 aromatic rings. The minimum Gasteiger partial charge on any atom is -0.337 e.